The van der Waals surface area contributed by atoms with Gasteiger partial charge >= 0.3 is 12.0 Å². The highest BCUT2D eigenvalue weighted by atomic mass is 19.1. The molecule has 0 fully saturated rings. The van der Waals surface area contributed by atoms with Crippen LogP contribution in [0.1, 0.15) is 82.6 Å². The number of fused-ring (bicyclic) bond motifs is 1. The Labute approximate surface area is 285 Å². The highest BCUT2D eigenvalue weighted by molar-refractivity contribution is 6.07. The largest absolute Gasteiger partial charge is 0.481 e. The smallest absolute Gasteiger partial charge is 0.323 e. The lowest BCUT2D eigenvalue weighted by Crippen LogP contribution is -2.24. The lowest BCUT2D eigenvalue weighted by Gasteiger charge is -2.11. The number of urea groups is 1. The lowest BCUT2D eigenvalue weighted by atomic mass is 10.0. The standard InChI is InChI=1S/C37H45FN6O5/c1-25-15-20-29(38)31(24-25)41-37(49)40-27-18-16-26(17-19-27)28-12-11-13-30-35(28)36(44-43-30)42-33(46)14-9-7-5-3-2-4-6-8-10-23-39-32(45)21-22-34(47)48/h11-13,15-20,24H,2-10,14,21-23H2,1H3,(H,39,45)(H,47,48)(H2,40,41,49)(H2,42,43,44,46). The molecule has 4 amide bonds. The minimum atomic E-state index is -0.962. The first-order chi connectivity index (χ1) is 23.7. The third-order valence-electron chi connectivity index (χ3n) is 8.14. The molecule has 4 aromatic rings. The number of H-pyrrole nitrogens is 1. The molecule has 0 aliphatic heterocycles. The van der Waals surface area contributed by atoms with E-state index in [0.717, 1.165) is 85.4 Å². The number of carboxylic acid groups (broad SMARTS) is 1. The van der Waals surface area contributed by atoms with E-state index in [4.69, 9.17) is 5.11 Å². The van der Waals surface area contributed by atoms with Gasteiger partial charge in [0, 0.05) is 25.1 Å². The Morgan fingerprint density at radius 2 is 1.45 bits per heavy atom. The number of anilines is 3. The van der Waals surface area contributed by atoms with Gasteiger partial charge in [0.05, 0.1) is 23.0 Å². The van der Waals surface area contributed by atoms with E-state index >= 15 is 0 Å². The molecule has 3 aromatic carbocycles. The molecule has 49 heavy (non-hydrogen) atoms. The normalized spacial score (nSPS) is 10.9. The van der Waals surface area contributed by atoms with Crippen molar-refractivity contribution in [3.63, 3.8) is 0 Å². The maximum absolute atomic E-state index is 14.0. The molecule has 0 radical (unpaired) electrons. The van der Waals surface area contributed by atoms with E-state index in [1.807, 2.05) is 37.3 Å². The van der Waals surface area contributed by atoms with Crippen molar-refractivity contribution < 1.29 is 28.7 Å². The van der Waals surface area contributed by atoms with Gasteiger partial charge in [-0.15, -0.1) is 0 Å². The quantitative estimate of drug-likeness (QED) is 0.0550. The van der Waals surface area contributed by atoms with E-state index in [1.54, 1.807) is 24.3 Å². The summed E-state index contributed by atoms with van der Waals surface area (Å²) in [6.07, 6.45) is 9.53. The third kappa shape index (κ3) is 12.0. The average molecular weight is 673 g/mol. The number of halogens is 1. The molecule has 0 aliphatic rings. The second-order valence-corrected chi connectivity index (χ2v) is 12.2. The number of hydrogen-bond acceptors (Lipinski definition) is 5. The number of carboxylic acids is 1. The Morgan fingerprint density at radius 1 is 0.755 bits per heavy atom. The van der Waals surface area contributed by atoms with Crippen molar-refractivity contribution in [3.8, 4) is 11.1 Å². The molecule has 1 aromatic heterocycles. The number of aliphatic carboxylic acids is 1. The van der Waals surface area contributed by atoms with E-state index in [1.165, 1.54) is 6.07 Å². The van der Waals surface area contributed by atoms with Crippen LogP contribution < -0.4 is 21.3 Å². The van der Waals surface area contributed by atoms with Crippen LogP contribution in [0.2, 0.25) is 0 Å². The van der Waals surface area contributed by atoms with Gasteiger partial charge in [-0.3, -0.25) is 19.5 Å². The average Bonchev–Trinajstić information content (AvgIpc) is 3.49. The van der Waals surface area contributed by atoms with Crippen molar-refractivity contribution in [1.82, 2.24) is 15.5 Å². The van der Waals surface area contributed by atoms with Crippen LogP contribution in [0.5, 0.6) is 0 Å². The number of carbonyl (C=O) groups is 4. The Balaban J connectivity index is 1.16. The van der Waals surface area contributed by atoms with Crippen LogP contribution in [0.4, 0.5) is 26.4 Å². The number of unbranched alkanes of at least 4 members (excludes halogenated alkanes) is 8. The summed E-state index contributed by atoms with van der Waals surface area (Å²) in [6.45, 7) is 2.40. The molecular formula is C37H45FN6O5. The van der Waals surface area contributed by atoms with Gasteiger partial charge in [0.1, 0.15) is 5.82 Å². The molecule has 0 atom stereocenters. The van der Waals surface area contributed by atoms with Crippen molar-refractivity contribution in [2.24, 2.45) is 0 Å². The fourth-order valence-corrected chi connectivity index (χ4v) is 5.54. The Morgan fingerprint density at radius 3 is 2.16 bits per heavy atom. The van der Waals surface area contributed by atoms with E-state index in [0.29, 0.717) is 24.5 Å². The zero-order valence-electron chi connectivity index (χ0n) is 27.9. The number of hydrogen-bond donors (Lipinski definition) is 6. The molecule has 4 rings (SSSR count). The molecule has 6 N–H and O–H groups in total. The number of aryl methyl sites for hydroxylation is 1. The molecule has 0 saturated heterocycles. The van der Waals surface area contributed by atoms with Crippen LogP contribution in [0.25, 0.3) is 22.0 Å². The van der Waals surface area contributed by atoms with Crippen molar-refractivity contribution >= 4 is 51.9 Å². The summed E-state index contributed by atoms with van der Waals surface area (Å²) in [5.41, 5.74) is 4.01. The molecular weight excluding hydrogens is 627 g/mol. The van der Waals surface area contributed by atoms with Gasteiger partial charge in [-0.1, -0.05) is 75.3 Å². The van der Waals surface area contributed by atoms with E-state index in [2.05, 4.69) is 31.5 Å². The topological polar surface area (TPSA) is 165 Å². The first kappa shape index (κ1) is 36.6. The lowest BCUT2D eigenvalue weighted by molar-refractivity contribution is -0.138. The predicted octanol–water partition coefficient (Wildman–Crippen LogP) is 8.14. The van der Waals surface area contributed by atoms with Crippen LogP contribution >= 0.6 is 0 Å². The van der Waals surface area contributed by atoms with Gasteiger partial charge in [0.2, 0.25) is 11.8 Å². The van der Waals surface area contributed by atoms with Gasteiger partial charge in [0.25, 0.3) is 0 Å². The SMILES string of the molecule is Cc1ccc(F)c(NC(=O)Nc2ccc(-c3cccc4[nH]nc(NC(=O)CCCCCCCCCCCNC(=O)CCC(=O)O)c34)cc2)c1. The van der Waals surface area contributed by atoms with Crippen LogP contribution in [0, 0.1) is 12.7 Å². The second-order valence-electron chi connectivity index (χ2n) is 12.2. The van der Waals surface area contributed by atoms with Crippen molar-refractivity contribution in [2.45, 2.75) is 84.0 Å². The molecule has 0 aliphatic carbocycles. The van der Waals surface area contributed by atoms with Crippen molar-refractivity contribution in [1.29, 1.82) is 0 Å². The fraction of sp³-hybridized carbons (Fsp3) is 0.378. The number of nitrogens with one attached hydrogen (secondary N) is 5. The summed E-state index contributed by atoms with van der Waals surface area (Å²) >= 11 is 0. The number of rotatable bonds is 19. The number of amides is 4. The van der Waals surface area contributed by atoms with E-state index in [9.17, 15) is 23.6 Å². The van der Waals surface area contributed by atoms with Gasteiger partial charge in [-0.25, -0.2) is 9.18 Å². The van der Waals surface area contributed by atoms with Gasteiger partial charge in [-0.2, -0.15) is 5.10 Å². The highest BCUT2D eigenvalue weighted by Gasteiger charge is 2.15. The van der Waals surface area contributed by atoms with Crippen LogP contribution in [-0.4, -0.2) is 45.7 Å². The number of aromatic amines is 1. The maximum Gasteiger partial charge on any atom is 0.323 e. The molecule has 12 heteroatoms. The summed E-state index contributed by atoms with van der Waals surface area (Å²) in [5, 5.41) is 27.8. The zero-order chi connectivity index (χ0) is 35.0. The second kappa shape index (κ2) is 18.9. The van der Waals surface area contributed by atoms with Gasteiger partial charge in [-0.05, 0) is 66.8 Å². The Bertz CT molecular complexity index is 1720. The summed E-state index contributed by atoms with van der Waals surface area (Å²) in [7, 11) is 0. The Hall–Kier alpha value is -5.26. The molecule has 1 heterocycles. The molecule has 0 saturated carbocycles. The molecule has 0 unspecified atom stereocenters. The number of aromatic nitrogens is 2. The zero-order valence-corrected chi connectivity index (χ0v) is 27.9. The fourth-order valence-electron chi connectivity index (χ4n) is 5.54. The summed E-state index contributed by atoms with van der Waals surface area (Å²) in [6, 6.07) is 17.0. The highest BCUT2D eigenvalue weighted by Crippen LogP contribution is 2.33. The molecule has 0 bridgehead atoms. The maximum atomic E-state index is 14.0. The van der Waals surface area contributed by atoms with E-state index < -0.39 is 17.8 Å². The Kier molecular flexibility index (Phi) is 14.1. The van der Waals surface area contributed by atoms with Gasteiger partial charge < -0.3 is 26.4 Å². The molecule has 260 valence electrons. The van der Waals surface area contributed by atoms with Crippen LogP contribution in [-0.2, 0) is 14.4 Å². The summed E-state index contributed by atoms with van der Waals surface area (Å²) in [4.78, 5) is 47.3. The predicted molar refractivity (Wildman–Crippen MR) is 190 cm³/mol. The summed E-state index contributed by atoms with van der Waals surface area (Å²) < 4.78 is 14.0. The molecule has 11 nitrogen and oxygen atoms in total. The van der Waals surface area contributed by atoms with Gasteiger partial charge in [0.15, 0.2) is 5.82 Å². The first-order valence-electron chi connectivity index (χ1n) is 16.9. The van der Waals surface area contributed by atoms with Crippen molar-refractivity contribution in [2.75, 3.05) is 22.5 Å². The minimum Gasteiger partial charge on any atom is -0.481 e. The number of carbonyl (C=O) groups excluding carboxylic acids is 3. The molecule has 0 spiro atoms. The van der Waals surface area contributed by atoms with Crippen LogP contribution in [0.15, 0.2) is 60.7 Å². The summed E-state index contributed by atoms with van der Waals surface area (Å²) in [5.74, 6) is -1.30. The van der Waals surface area contributed by atoms with Crippen LogP contribution in [0.3, 0.4) is 0 Å². The van der Waals surface area contributed by atoms with Crippen molar-refractivity contribution in [3.05, 3.63) is 72.0 Å². The number of benzene rings is 3. The van der Waals surface area contributed by atoms with E-state index in [-0.39, 0.29) is 30.3 Å². The first-order valence-corrected chi connectivity index (χ1v) is 16.9. The third-order valence-corrected chi connectivity index (χ3v) is 8.14. The minimum absolute atomic E-state index is 0.0260. The monoisotopic (exact) mass is 672 g/mol. The number of nitrogens with zero attached hydrogens (tertiary/aromatic N) is 1.